The molecule has 0 spiro atoms. The van der Waals surface area contributed by atoms with Gasteiger partial charge >= 0.3 is 0 Å². The van der Waals surface area contributed by atoms with E-state index in [1.165, 1.54) is 30.3 Å². The molecule has 0 aliphatic rings. The van der Waals surface area contributed by atoms with Crippen molar-refractivity contribution < 1.29 is 18.1 Å². The number of benzene rings is 2. The van der Waals surface area contributed by atoms with Crippen molar-refractivity contribution in [1.29, 1.82) is 0 Å². The number of rotatable bonds is 3. The number of amides is 1. The summed E-state index contributed by atoms with van der Waals surface area (Å²) < 4.78 is 41.5. The Hall–Kier alpha value is -1.77. The van der Waals surface area contributed by atoms with Crippen LogP contribution in [-0.4, -0.2) is 5.91 Å². The van der Waals surface area contributed by atoms with Crippen LogP contribution < -0.4 is 10.9 Å². The molecule has 104 valence electrons. The smallest absolute Gasteiger partial charge is 0.250 e. The number of primary amides is 1. The number of nitrogens with zero attached hydrogens (tertiary/aromatic N) is 1. The predicted octanol–water partition coefficient (Wildman–Crippen LogP) is 3.69. The summed E-state index contributed by atoms with van der Waals surface area (Å²) in [5, 5.41) is -0.103. The van der Waals surface area contributed by atoms with E-state index in [0.29, 0.717) is 0 Å². The van der Waals surface area contributed by atoms with E-state index in [9.17, 15) is 18.1 Å². The fourth-order valence-electron chi connectivity index (χ4n) is 1.65. The second-order valence-electron chi connectivity index (χ2n) is 3.86. The van der Waals surface area contributed by atoms with Gasteiger partial charge < -0.3 is 5.73 Å². The van der Waals surface area contributed by atoms with Gasteiger partial charge in [-0.05, 0) is 46.9 Å². The van der Waals surface area contributed by atoms with Gasteiger partial charge in [-0.3, -0.25) is 4.79 Å². The van der Waals surface area contributed by atoms with Crippen LogP contribution in [0, 0.1) is 15.2 Å². The summed E-state index contributed by atoms with van der Waals surface area (Å²) in [4.78, 5) is 11.2. The Morgan fingerprint density at radius 1 is 1.05 bits per heavy atom. The van der Waals surface area contributed by atoms with Crippen LogP contribution in [0.25, 0.3) is 0 Å². The molecule has 0 heterocycles. The molecule has 3 nitrogen and oxygen atoms in total. The van der Waals surface area contributed by atoms with E-state index in [2.05, 4.69) is 0 Å². The number of anilines is 2. The molecule has 0 saturated carbocycles. The second kappa shape index (κ2) is 5.70. The first kappa shape index (κ1) is 14.6. The Balaban J connectivity index is 2.55. The molecule has 20 heavy (non-hydrogen) atoms. The zero-order valence-corrected chi connectivity index (χ0v) is 12.1. The number of carbonyl (C=O) groups excluding carboxylic acids is 1. The largest absolute Gasteiger partial charge is 0.366 e. The second-order valence-corrected chi connectivity index (χ2v) is 5.02. The summed E-state index contributed by atoms with van der Waals surface area (Å²) in [5.41, 5.74) is 4.11. The summed E-state index contributed by atoms with van der Waals surface area (Å²) in [7, 11) is 0. The van der Waals surface area contributed by atoms with Gasteiger partial charge in [-0.2, -0.15) is 5.12 Å². The molecule has 1 amide bonds. The third kappa shape index (κ3) is 2.58. The van der Waals surface area contributed by atoms with Gasteiger partial charge in [-0.25, -0.2) is 8.78 Å². The molecule has 0 radical (unpaired) electrons. The maximum absolute atomic E-state index is 14.3. The molecule has 2 N–H and O–H groups in total. The van der Waals surface area contributed by atoms with Crippen molar-refractivity contribution in [3.63, 3.8) is 0 Å². The Bertz CT molecular complexity index is 679. The van der Waals surface area contributed by atoms with Crippen molar-refractivity contribution in [2.24, 2.45) is 5.73 Å². The molecular formula is C13H8F3IN2O. The molecule has 0 unspecified atom stereocenters. The lowest BCUT2D eigenvalue weighted by molar-refractivity contribution is 0.100. The maximum atomic E-state index is 14.3. The lowest BCUT2D eigenvalue weighted by Gasteiger charge is -2.17. The molecule has 0 bridgehead atoms. The van der Waals surface area contributed by atoms with Gasteiger partial charge in [0.25, 0.3) is 5.91 Å². The van der Waals surface area contributed by atoms with Crippen LogP contribution in [0.5, 0.6) is 0 Å². The maximum Gasteiger partial charge on any atom is 0.250 e. The summed E-state index contributed by atoms with van der Waals surface area (Å²) in [6, 6.07) is 7.80. The Labute approximate surface area is 126 Å². The topological polar surface area (TPSA) is 46.3 Å². The van der Waals surface area contributed by atoms with Crippen LogP contribution in [0.15, 0.2) is 36.4 Å². The van der Waals surface area contributed by atoms with E-state index in [4.69, 9.17) is 5.73 Å². The number of halogens is 4. The van der Waals surface area contributed by atoms with Gasteiger partial charge in [-0.15, -0.1) is 0 Å². The zero-order valence-electron chi connectivity index (χ0n) is 9.91. The van der Waals surface area contributed by atoms with Crippen LogP contribution in [0.3, 0.4) is 0 Å². The standard InChI is InChI=1S/C13H8F3IN2O/c14-11-8(17)5-6-10(12(11)15)19(16)9-4-2-1-3-7(9)13(18)20/h1-6H,(H2,18,20). The first-order chi connectivity index (χ1) is 9.43. The minimum absolute atomic E-state index is 0.0282. The Morgan fingerprint density at radius 2 is 1.70 bits per heavy atom. The Morgan fingerprint density at radius 3 is 2.35 bits per heavy atom. The highest BCUT2D eigenvalue weighted by Gasteiger charge is 2.21. The first-order valence-electron chi connectivity index (χ1n) is 5.41. The number of nitrogens with two attached hydrogens (primary N) is 1. The molecule has 0 aliphatic heterocycles. The zero-order chi connectivity index (χ0) is 14.9. The van der Waals surface area contributed by atoms with E-state index in [-0.39, 0.29) is 19.9 Å². The molecule has 0 fully saturated rings. The molecular weight excluding hydrogens is 384 g/mol. The number of hydrogen-bond donors (Lipinski definition) is 1. The van der Waals surface area contributed by atoms with E-state index >= 15 is 0 Å². The third-order valence-electron chi connectivity index (χ3n) is 2.61. The highest BCUT2D eigenvalue weighted by molar-refractivity contribution is 14.1. The highest BCUT2D eigenvalue weighted by atomic mass is 127. The molecule has 2 aromatic carbocycles. The van der Waals surface area contributed by atoms with Crippen molar-refractivity contribution in [3.8, 4) is 0 Å². The first-order valence-corrected chi connectivity index (χ1v) is 6.49. The average molecular weight is 392 g/mol. The quantitative estimate of drug-likeness (QED) is 0.492. The van der Waals surface area contributed by atoms with Gasteiger partial charge in [0.15, 0.2) is 11.6 Å². The minimum atomic E-state index is -1.33. The lowest BCUT2D eigenvalue weighted by atomic mass is 10.1. The summed E-state index contributed by atoms with van der Waals surface area (Å²) in [6.07, 6.45) is 0. The highest BCUT2D eigenvalue weighted by Crippen LogP contribution is 2.33. The van der Waals surface area contributed by atoms with Crippen LogP contribution in [0.4, 0.5) is 24.6 Å². The third-order valence-corrected chi connectivity index (χ3v) is 3.44. The molecule has 2 rings (SSSR count). The van der Waals surface area contributed by atoms with E-state index in [0.717, 1.165) is 6.07 Å². The van der Waals surface area contributed by atoms with Crippen LogP contribution in [0.2, 0.25) is 0 Å². The van der Waals surface area contributed by atoms with E-state index < -0.39 is 23.2 Å². The van der Waals surface area contributed by atoms with E-state index in [1.54, 1.807) is 22.6 Å². The fraction of sp³-hybridized carbons (Fsp3) is 0. The van der Waals surface area contributed by atoms with Crippen LogP contribution in [0.1, 0.15) is 10.4 Å². The van der Waals surface area contributed by atoms with Gasteiger partial charge in [0, 0.05) is 0 Å². The van der Waals surface area contributed by atoms with Crippen molar-refractivity contribution >= 4 is 39.9 Å². The number of hydrogen-bond acceptors (Lipinski definition) is 2. The number of carbonyl (C=O) groups is 1. The number of para-hydroxylation sites is 1. The Kier molecular flexibility index (Phi) is 4.17. The van der Waals surface area contributed by atoms with Gasteiger partial charge in [-0.1, -0.05) is 16.6 Å². The summed E-state index contributed by atoms with van der Waals surface area (Å²) >= 11 is 1.59. The lowest BCUT2D eigenvalue weighted by Crippen LogP contribution is -2.17. The molecule has 0 atom stereocenters. The molecule has 0 saturated heterocycles. The van der Waals surface area contributed by atoms with Gasteiger partial charge in [0.1, 0.15) is 5.69 Å². The summed E-state index contributed by atoms with van der Waals surface area (Å²) in [5.74, 6) is -3.35. The summed E-state index contributed by atoms with van der Waals surface area (Å²) in [6.45, 7) is 0. The van der Waals surface area contributed by atoms with E-state index in [1.807, 2.05) is 0 Å². The average Bonchev–Trinajstić information content (AvgIpc) is 2.44. The molecule has 2 aromatic rings. The fourth-order valence-corrected chi connectivity index (χ4v) is 2.07. The molecule has 0 aliphatic carbocycles. The normalized spacial score (nSPS) is 10.4. The van der Waals surface area contributed by atoms with Crippen molar-refractivity contribution in [3.05, 3.63) is 57.2 Å². The van der Waals surface area contributed by atoms with Gasteiger partial charge in [0.05, 0.1) is 14.8 Å². The van der Waals surface area contributed by atoms with Crippen molar-refractivity contribution in [2.75, 3.05) is 5.12 Å². The van der Waals surface area contributed by atoms with Crippen LogP contribution >= 0.6 is 22.6 Å². The molecule has 7 heteroatoms. The van der Waals surface area contributed by atoms with Gasteiger partial charge in [0.2, 0.25) is 0 Å². The molecule has 0 aromatic heterocycles. The van der Waals surface area contributed by atoms with Crippen molar-refractivity contribution in [2.45, 2.75) is 0 Å². The monoisotopic (exact) mass is 392 g/mol. The van der Waals surface area contributed by atoms with Crippen molar-refractivity contribution in [1.82, 2.24) is 0 Å². The van der Waals surface area contributed by atoms with Crippen LogP contribution in [-0.2, 0) is 0 Å². The minimum Gasteiger partial charge on any atom is -0.366 e. The predicted molar refractivity (Wildman–Crippen MR) is 77.3 cm³/mol. The SMILES string of the molecule is NC(=O)c1ccccc1N(F)c1ccc(I)c(F)c1F.